The number of aromatic amines is 2. The van der Waals surface area contributed by atoms with E-state index < -0.39 is 32.1 Å². The van der Waals surface area contributed by atoms with Gasteiger partial charge in [0.25, 0.3) is 0 Å². The van der Waals surface area contributed by atoms with Crippen LogP contribution >= 0.6 is 0 Å². The number of nitrogens with zero attached hydrogens (tertiary/aromatic N) is 2. The lowest BCUT2D eigenvalue weighted by atomic mass is 9.99. The molecule has 3 heterocycles. The summed E-state index contributed by atoms with van der Waals surface area (Å²) in [6.45, 7) is 2.03. The van der Waals surface area contributed by atoms with Crippen LogP contribution in [0.2, 0.25) is 0 Å². The third-order valence-electron chi connectivity index (χ3n) is 7.91. The number of rotatable bonds is 7. The number of aromatic nitrogens is 2. The summed E-state index contributed by atoms with van der Waals surface area (Å²) in [6, 6.07) is 21.4. The van der Waals surface area contributed by atoms with E-state index in [2.05, 4.69) is 9.97 Å². The molecule has 2 atom stereocenters. The zero-order valence-corrected chi connectivity index (χ0v) is 24.0. The van der Waals surface area contributed by atoms with Gasteiger partial charge in [-0.3, -0.25) is 0 Å². The van der Waals surface area contributed by atoms with Gasteiger partial charge in [0, 0.05) is 59.4 Å². The number of H-pyrrole nitrogens is 2. The Balaban J connectivity index is 1.42. The first-order valence-electron chi connectivity index (χ1n) is 13.3. The normalized spacial score (nSPS) is 19.4. The fourth-order valence-electron chi connectivity index (χ4n) is 5.88. The van der Waals surface area contributed by atoms with Crippen molar-refractivity contribution in [3.63, 3.8) is 0 Å². The molecule has 2 aromatic heterocycles. The SMILES string of the molecule is Cc1ccc(S(=O)(=O)N2C[C@H](Cc3c[nH]c4ccccc34)N(S(C)(=O)=O)C[C@@H]2Cc2c[nH]c3ccccc23)cc1. The van der Waals surface area contributed by atoms with E-state index in [1.54, 1.807) is 24.3 Å². The van der Waals surface area contributed by atoms with Gasteiger partial charge in [-0.1, -0.05) is 54.1 Å². The minimum atomic E-state index is -3.91. The number of sulfonamides is 2. The van der Waals surface area contributed by atoms with E-state index in [0.717, 1.165) is 38.5 Å². The summed E-state index contributed by atoms with van der Waals surface area (Å²) in [4.78, 5) is 6.73. The molecule has 0 radical (unpaired) electrons. The molecule has 2 N–H and O–H groups in total. The second-order valence-electron chi connectivity index (χ2n) is 10.7. The Morgan fingerprint density at radius 3 is 1.70 bits per heavy atom. The molecule has 1 saturated heterocycles. The zero-order valence-electron chi connectivity index (χ0n) is 22.4. The maximum Gasteiger partial charge on any atom is 0.243 e. The van der Waals surface area contributed by atoms with Gasteiger partial charge in [0.2, 0.25) is 20.0 Å². The molecule has 3 aromatic carbocycles. The molecule has 0 amide bonds. The summed E-state index contributed by atoms with van der Waals surface area (Å²) >= 11 is 0. The summed E-state index contributed by atoms with van der Waals surface area (Å²) in [5, 5.41) is 2.01. The molecule has 1 aliphatic heterocycles. The summed E-state index contributed by atoms with van der Waals surface area (Å²) in [7, 11) is -7.54. The molecule has 40 heavy (non-hydrogen) atoms. The topological polar surface area (TPSA) is 106 Å². The Hall–Kier alpha value is -3.44. The lowest BCUT2D eigenvalue weighted by Crippen LogP contribution is -2.62. The molecule has 0 unspecified atom stereocenters. The maximum atomic E-state index is 14.2. The van der Waals surface area contributed by atoms with Crippen molar-refractivity contribution in [2.24, 2.45) is 0 Å². The number of aryl methyl sites for hydroxylation is 1. The summed E-state index contributed by atoms with van der Waals surface area (Å²) in [5.41, 5.74) is 4.79. The lowest BCUT2D eigenvalue weighted by Gasteiger charge is -2.44. The van der Waals surface area contributed by atoms with Gasteiger partial charge in [0.05, 0.1) is 11.2 Å². The first-order valence-corrected chi connectivity index (χ1v) is 16.6. The first-order chi connectivity index (χ1) is 19.1. The quantitative estimate of drug-likeness (QED) is 0.299. The summed E-state index contributed by atoms with van der Waals surface area (Å²) in [5.74, 6) is 0. The number of piperazine rings is 1. The van der Waals surface area contributed by atoms with Crippen LogP contribution in [0, 0.1) is 6.92 Å². The molecule has 1 aliphatic rings. The fourth-order valence-corrected chi connectivity index (χ4v) is 8.66. The molecule has 0 aliphatic carbocycles. The standard InChI is InChI=1S/C30H32N4O4S2/c1-21-11-13-26(14-12-21)40(37,38)34-20-24(15-22-17-31-29-9-5-3-7-27(22)29)33(39(2,35)36)19-25(34)16-23-18-32-30-10-6-4-8-28(23)30/h3-14,17-18,24-25,31-32H,15-16,19-20H2,1-2H3/t24-,25-/m0/s1. The summed E-state index contributed by atoms with van der Waals surface area (Å²) in [6.07, 6.45) is 5.76. The second-order valence-corrected chi connectivity index (χ2v) is 14.5. The third-order valence-corrected chi connectivity index (χ3v) is 11.1. The predicted octanol–water partition coefficient (Wildman–Crippen LogP) is 4.45. The summed E-state index contributed by atoms with van der Waals surface area (Å²) < 4.78 is 57.7. The molecular weight excluding hydrogens is 544 g/mol. The Bertz CT molecular complexity index is 1890. The second kappa shape index (κ2) is 10.2. The van der Waals surface area contributed by atoms with Crippen LogP contribution in [-0.2, 0) is 32.9 Å². The maximum absolute atomic E-state index is 14.2. The minimum absolute atomic E-state index is 0.0514. The number of hydrogen-bond donors (Lipinski definition) is 2. The van der Waals surface area contributed by atoms with Crippen molar-refractivity contribution < 1.29 is 16.8 Å². The molecule has 0 bridgehead atoms. The molecule has 8 nitrogen and oxygen atoms in total. The number of nitrogens with one attached hydrogen (secondary N) is 2. The lowest BCUT2D eigenvalue weighted by molar-refractivity contribution is 0.144. The molecule has 5 aromatic rings. The van der Waals surface area contributed by atoms with Crippen LogP contribution in [0.3, 0.4) is 0 Å². The highest BCUT2D eigenvalue weighted by Crippen LogP contribution is 2.32. The Labute approximate surface area is 234 Å². The number of para-hydroxylation sites is 2. The molecule has 208 valence electrons. The smallest absolute Gasteiger partial charge is 0.243 e. The van der Waals surface area contributed by atoms with Crippen LogP contribution in [-0.4, -0.2) is 66.8 Å². The van der Waals surface area contributed by atoms with Crippen molar-refractivity contribution in [2.45, 2.75) is 36.7 Å². The number of fused-ring (bicyclic) bond motifs is 2. The van der Waals surface area contributed by atoms with Crippen LogP contribution in [0.4, 0.5) is 0 Å². The third kappa shape index (κ3) is 4.96. The van der Waals surface area contributed by atoms with Gasteiger partial charge in [0.1, 0.15) is 0 Å². The minimum Gasteiger partial charge on any atom is -0.361 e. The monoisotopic (exact) mass is 576 g/mol. The molecule has 1 fully saturated rings. The molecule has 0 saturated carbocycles. The largest absolute Gasteiger partial charge is 0.361 e. The molecule has 6 rings (SSSR count). The van der Waals surface area contributed by atoms with E-state index in [1.807, 2.05) is 67.8 Å². The number of benzene rings is 3. The van der Waals surface area contributed by atoms with Crippen molar-refractivity contribution in [3.8, 4) is 0 Å². The van der Waals surface area contributed by atoms with Gasteiger partial charge in [-0.2, -0.15) is 8.61 Å². The van der Waals surface area contributed by atoms with Gasteiger partial charge < -0.3 is 9.97 Å². The first kappa shape index (κ1) is 26.8. The van der Waals surface area contributed by atoms with Gasteiger partial charge in [0.15, 0.2) is 0 Å². The van der Waals surface area contributed by atoms with E-state index in [4.69, 9.17) is 0 Å². The van der Waals surface area contributed by atoms with Crippen LogP contribution in [0.15, 0.2) is 90.1 Å². The van der Waals surface area contributed by atoms with Crippen molar-refractivity contribution in [2.75, 3.05) is 19.3 Å². The van der Waals surface area contributed by atoms with Crippen molar-refractivity contribution in [3.05, 3.63) is 102 Å². The Kier molecular flexibility index (Phi) is 6.82. The van der Waals surface area contributed by atoms with Gasteiger partial charge >= 0.3 is 0 Å². The Morgan fingerprint density at radius 1 is 0.700 bits per heavy atom. The van der Waals surface area contributed by atoms with Gasteiger partial charge in [-0.05, 0) is 55.2 Å². The van der Waals surface area contributed by atoms with Crippen LogP contribution in [0.25, 0.3) is 21.8 Å². The zero-order chi connectivity index (χ0) is 28.1. The van der Waals surface area contributed by atoms with E-state index in [0.29, 0.717) is 12.8 Å². The highest BCUT2D eigenvalue weighted by Gasteiger charge is 2.44. The molecule has 10 heteroatoms. The van der Waals surface area contributed by atoms with Crippen LogP contribution < -0.4 is 0 Å². The van der Waals surface area contributed by atoms with Crippen molar-refractivity contribution >= 4 is 41.9 Å². The number of hydrogen-bond acceptors (Lipinski definition) is 4. The van der Waals surface area contributed by atoms with Crippen LogP contribution in [0.1, 0.15) is 16.7 Å². The van der Waals surface area contributed by atoms with Crippen molar-refractivity contribution in [1.29, 1.82) is 0 Å². The fraction of sp³-hybridized carbons (Fsp3) is 0.267. The van der Waals surface area contributed by atoms with E-state index in [-0.39, 0.29) is 18.0 Å². The average Bonchev–Trinajstić information content (AvgIpc) is 3.53. The Morgan fingerprint density at radius 2 is 1.18 bits per heavy atom. The van der Waals surface area contributed by atoms with E-state index in [9.17, 15) is 16.8 Å². The van der Waals surface area contributed by atoms with E-state index in [1.165, 1.54) is 14.9 Å². The highest BCUT2D eigenvalue weighted by molar-refractivity contribution is 7.89. The van der Waals surface area contributed by atoms with Gasteiger partial charge in [-0.25, -0.2) is 16.8 Å². The highest BCUT2D eigenvalue weighted by atomic mass is 32.2. The van der Waals surface area contributed by atoms with E-state index >= 15 is 0 Å². The average molecular weight is 577 g/mol. The molecule has 0 spiro atoms. The molecular formula is C30H32N4O4S2. The van der Waals surface area contributed by atoms with Gasteiger partial charge in [-0.15, -0.1) is 0 Å². The van der Waals surface area contributed by atoms with Crippen LogP contribution in [0.5, 0.6) is 0 Å². The van der Waals surface area contributed by atoms with Crippen molar-refractivity contribution in [1.82, 2.24) is 18.6 Å². The predicted molar refractivity (Wildman–Crippen MR) is 158 cm³/mol.